The molecule has 0 radical (unpaired) electrons. The summed E-state index contributed by atoms with van der Waals surface area (Å²) < 4.78 is 5.71. The zero-order valence-corrected chi connectivity index (χ0v) is 14.6. The molecule has 1 aliphatic carbocycles. The van der Waals surface area contributed by atoms with Crippen LogP contribution in [-0.4, -0.2) is 47.6 Å². The van der Waals surface area contributed by atoms with Gasteiger partial charge in [0.1, 0.15) is 18.5 Å². The van der Waals surface area contributed by atoms with E-state index in [1.807, 2.05) is 12.1 Å². The number of ether oxygens (including phenoxy) is 1. The highest BCUT2D eigenvalue weighted by Crippen LogP contribution is 2.35. The van der Waals surface area contributed by atoms with Gasteiger partial charge in [-0.05, 0) is 57.2 Å². The van der Waals surface area contributed by atoms with Crippen molar-refractivity contribution < 1.29 is 14.6 Å². The van der Waals surface area contributed by atoms with E-state index in [0.717, 1.165) is 12.5 Å². The molecule has 1 N–H and O–H groups in total. The van der Waals surface area contributed by atoms with Gasteiger partial charge >= 0.3 is 0 Å². The van der Waals surface area contributed by atoms with Gasteiger partial charge < -0.3 is 9.84 Å². The fraction of sp³-hybridized carbons (Fsp3) is 0.650. The molecule has 132 valence electrons. The quantitative estimate of drug-likeness (QED) is 0.813. The van der Waals surface area contributed by atoms with Crippen molar-refractivity contribution in [3.8, 4) is 5.75 Å². The molecule has 1 saturated carbocycles. The summed E-state index contributed by atoms with van der Waals surface area (Å²) in [7, 11) is 0. The zero-order valence-electron chi connectivity index (χ0n) is 14.6. The van der Waals surface area contributed by atoms with Gasteiger partial charge in [0.05, 0.1) is 0 Å². The topological polar surface area (TPSA) is 49.8 Å². The minimum atomic E-state index is -0.494. The second-order valence-corrected chi connectivity index (χ2v) is 7.30. The highest BCUT2D eigenvalue weighted by atomic mass is 16.5. The van der Waals surface area contributed by atoms with E-state index in [4.69, 9.17) is 4.74 Å². The molecule has 3 rings (SSSR count). The fourth-order valence-corrected chi connectivity index (χ4v) is 4.28. The van der Waals surface area contributed by atoms with Crippen LogP contribution >= 0.6 is 0 Å². The van der Waals surface area contributed by atoms with Crippen molar-refractivity contribution in [3.63, 3.8) is 0 Å². The van der Waals surface area contributed by atoms with Crippen molar-refractivity contribution in [2.24, 2.45) is 5.92 Å². The van der Waals surface area contributed by atoms with Gasteiger partial charge in [0.25, 0.3) is 0 Å². The smallest absolute Gasteiger partial charge is 0.159 e. The molecule has 0 amide bonds. The van der Waals surface area contributed by atoms with Crippen LogP contribution in [0, 0.1) is 5.92 Å². The molecule has 1 aliphatic heterocycles. The average molecular weight is 331 g/mol. The van der Waals surface area contributed by atoms with Gasteiger partial charge in [-0.15, -0.1) is 0 Å². The predicted octanol–water partition coefficient (Wildman–Crippen LogP) is 3.28. The van der Waals surface area contributed by atoms with Crippen LogP contribution < -0.4 is 4.74 Å². The molecule has 1 heterocycles. The Labute approximate surface area is 144 Å². The maximum absolute atomic E-state index is 11.4. The maximum Gasteiger partial charge on any atom is 0.159 e. The Morgan fingerprint density at radius 2 is 2.08 bits per heavy atom. The molecule has 3 unspecified atom stereocenters. The Morgan fingerprint density at radius 1 is 1.29 bits per heavy atom. The number of Topliss-reactive ketones (excluding diaryl/α,β-unsaturated/α-hetero) is 1. The molecule has 1 aromatic carbocycles. The van der Waals surface area contributed by atoms with Gasteiger partial charge in [0.2, 0.25) is 0 Å². The maximum atomic E-state index is 11.4. The van der Waals surface area contributed by atoms with Crippen molar-refractivity contribution >= 4 is 5.78 Å². The van der Waals surface area contributed by atoms with Crippen LogP contribution in [-0.2, 0) is 0 Å². The van der Waals surface area contributed by atoms with Crippen LogP contribution in [0.5, 0.6) is 5.75 Å². The van der Waals surface area contributed by atoms with Crippen molar-refractivity contribution in [3.05, 3.63) is 29.8 Å². The van der Waals surface area contributed by atoms with Gasteiger partial charge in [0.15, 0.2) is 5.78 Å². The van der Waals surface area contributed by atoms with Crippen LogP contribution in [0.15, 0.2) is 24.3 Å². The number of hydrogen-bond acceptors (Lipinski definition) is 4. The number of β-amino-alcohol motifs (C(OH)–C–C–N with tert-alkyl or cyclic N) is 1. The van der Waals surface area contributed by atoms with Gasteiger partial charge in [-0.3, -0.25) is 9.69 Å². The molecule has 0 spiro atoms. The van der Waals surface area contributed by atoms with Crippen molar-refractivity contribution in [1.82, 2.24) is 4.90 Å². The molecule has 0 aromatic heterocycles. The first-order valence-electron chi connectivity index (χ1n) is 9.29. The Bertz CT molecular complexity index is 558. The summed E-state index contributed by atoms with van der Waals surface area (Å²) in [6.07, 6.45) is 7.42. The summed E-state index contributed by atoms with van der Waals surface area (Å²) >= 11 is 0. The molecule has 2 fully saturated rings. The van der Waals surface area contributed by atoms with Crippen molar-refractivity contribution in [1.29, 1.82) is 0 Å². The number of carbonyl (C=O) groups is 1. The van der Waals surface area contributed by atoms with E-state index in [2.05, 4.69) is 4.90 Å². The fourth-order valence-electron chi connectivity index (χ4n) is 4.28. The van der Waals surface area contributed by atoms with Gasteiger partial charge in [-0.2, -0.15) is 0 Å². The molecule has 1 aromatic rings. The summed E-state index contributed by atoms with van der Waals surface area (Å²) in [6, 6.07) is 7.82. The van der Waals surface area contributed by atoms with Crippen LogP contribution in [0.25, 0.3) is 0 Å². The van der Waals surface area contributed by atoms with E-state index in [9.17, 15) is 9.90 Å². The van der Waals surface area contributed by atoms with Gasteiger partial charge in [-0.1, -0.05) is 25.0 Å². The Balaban J connectivity index is 1.51. The van der Waals surface area contributed by atoms with E-state index in [1.165, 1.54) is 38.5 Å². The highest BCUT2D eigenvalue weighted by molar-refractivity contribution is 5.94. The normalized spacial score (nSPS) is 25.8. The molecule has 24 heavy (non-hydrogen) atoms. The molecule has 0 bridgehead atoms. The third-order valence-corrected chi connectivity index (χ3v) is 5.49. The van der Waals surface area contributed by atoms with Crippen LogP contribution in [0.2, 0.25) is 0 Å². The Hall–Kier alpha value is -1.39. The van der Waals surface area contributed by atoms with Crippen LogP contribution in [0.4, 0.5) is 0 Å². The summed E-state index contributed by atoms with van der Waals surface area (Å²) in [5, 5.41) is 10.4. The summed E-state index contributed by atoms with van der Waals surface area (Å²) in [6.45, 7) is 3.60. The van der Waals surface area contributed by atoms with E-state index in [1.54, 1.807) is 19.1 Å². The van der Waals surface area contributed by atoms with E-state index in [0.29, 0.717) is 23.9 Å². The number of aliphatic hydroxyl groups excluding tert-OH is 1. The molecular weight excluding hydrogens is 302 g/mol. The standard InChI is InChI=1S/C20H29NO3/c1-15(22)17-7-4-9-19(12-17)24-14-18(23)13-21-11-5-8-16-6-2-3-10-20(16)21/h4,7,9,12,16,18,20,23H,2-3,5-6,8,10-11,13-14H2,1H3. The molecule has 1 saturated heterocycles. The predicted molar refractivity (Wildman–Crippen MR) is 94.5 cm³/mol. The van der Waals surface area contributed by atoms with Crippen LogP contribution in [0.1, 0.15) is 55.8 Å². The number of fused-ring (bicyclic) bond motifs is 1. The monoisotopic (exact) mass is 331 g/mol. The second-order valence-electron chi connectivity index (χ2n) is 7.30. The number of piperidine rings is 1. The van der Waals surface area contributed by atoms with Gasteiger partial charge in [0, 0.05) is 18.2 Å². The molecular formula is C20H29NO3. The average Bonchev–Trinajstić information content (AvgIpc) is 2.60. The lowest BCUT2D eigenvalue weighted by Crippen LogP contribution is -2.50. The first-order valence-corrected chi connectivity index (χ1v) is 9.29. The largest absolute Gasteiger partial charge is 0.491 e. The zero-order chi connectivity index (χ0) is 16.9. The number of carbonyl (C=O) groups excluding carboxylic acids is 1. The van der Waals surface area contributed by atoms with Crippen molar-refractivity contribution in [2.75, 3.05) is 19.7 Å². The van der Waals surface area contributed by atoms with E-state index in [-0.39, 0.29) is 12.4 Å². The lowest BCUT2D eigenvalue weighted by atomic mass is 9.78. The summed E-state index contributed by atoms with van der Waals surface area (Å²) in [5.41, 5.74) is 0.642. The number of hydrogen-bond donors (Lipinski definition) is 1. The highest BCUT2D eigenvalue weighted by Gasteiger charge is 2.33. The lowest BCUT2D eigenvalue weighted by Gasteiger charge is -2.44. The SMILES string of the molecule is CC(=O)c1cccc(OCC(O)CN2CCCC3CCCCC32)c1. The third-order valence-electron chi connectivity index (χ3n) is 5.49. The molecule has 4 heteroatoms. The third kappa shape index (κ3) is 4.37. The number of rotatable bonds is 6. The van der Waals surface area contributed by atoms with Crippen molar-refractivity contribution in [2.45, 2.75) is 57.6 Å². The first kappa shape index (κ1) is 17.4. The number of nitrogens with zero attached hydrogens (tertiary/aromatic N) is 1. The number of benzene rings is 1. The summed E-state index contributed by atoms with van der Waals surface area (Å²) in [5.74, 6) is 1.50. The van der Waals surface area contributed by atoms with Gasteiger partial charge in [-0.25, -0.2) is 0 Å². The van der Waals surface area contributed by atoms with E-state index >= 15 is 0 Å². The van der Waals surface area contributed by atoms with Crippen LogP contribution in [0.3, 0.4) is 0 Å². The number of ketones is 1. The Kier molecular flexibility index (Phi) is 5.90. The van der Waals surface area contributed by atoms with E-state index < -0.39 is 6.10 Å². The molecule has 3 atom stereocenters. The minimum Gasteiger partial charge on any atom is -0.491 e. The number of aliphatic hydroxyl groups is 1. The molecule has 2 aliphatic rings. The summed E-state index contributed by atoms with van der Waals surface area (Å²) in [4.78, 5) is 13.9. The lowest BCUT2D eigenvalue weighted by molar-refractivity contribution is 0.00654. The number of likely N-dealkylation sites (tertiary alicyclic amines) is 1. The minimum absolute atomic E-state index is 0.0256. The Morgan fingerprint density at radius 3 is 2.92 bits per heavy atom. The first-order chi connectivity index (χ1) is 11.6. The molecule has 4 nitrogen and oxygen atoms in total. The second kappa shape index (κ2) is 8.13.